The SMILES string of the molecule is CC.[CH2-]N1CCC(C#CC)CC1.[K+]. The van der Waals surface area contributed by atoms with Crippen molar-refractivity contribution in [2.45, 2.75) is 33.6 Å². The largest absolute Gasteiger partial charge is 1.00 e. The summed E-state index contributed by atoms with van der Waals surface area (Å²) < 4.78 is 0. The Hall–Kier alpha value is 1.16. The summed E-state index contributed by atoms with van der Waals surface area (Å²) in [6.07, 6.45) is 2.40. The van der Waals surface area contributed by atoms with Crippen LogP contribution >= 0.6 is 0 Å². The van der Waals surface area contributed by atoms with Crippen molar-refractivity contribution in [3.05, 3.63) is 7.05 Å². The summed E-state index contributed by atoms with van der Waals surface area (Å²) in [4.78, 5) is 2.12. The van der Waals surface area contributed by atoms with Gasteiger partial charge in [0.1, 0.15) is 0 Å². The predicted molar refractivity (Wildman–Crippen MR) is 54.5 cm³/mol. The molecule has 0 radical (unpaired) electrons. The normalized spacial score (nSPS) is 17.2. The van der Waals surface area contributed by atoms with E-state index >= 15 is 0 Å². The zero-order valence-corrected chi connectivity index (χ0v) is 12.7. The van der Waals surface area contributed by atoms with Gasteiger partial charge in [-0.2, -0.15) is 0 Å². The summed E-state index contributed by atoms with van der Waals surface area (Å²) in [5.74, 6) is 6.81. The Morgan fingerprint density at radius 3 is 2.08 bits per heavy atom. The van der Waals surface area contributed by atoms with E-state index in [1.54, 1.807) is 0 Å². The standard InChI is InChI=1S/C9H14N.C2H6.K/c1-3-4-9-5-7-10(2)8-6-9;1-2;/h9H,2,5-8H2,1H3;1-2H3;/q-1;;+1. The van der Waals surface area contributed by atoms with E-state index in [1.165, 1.54) is 12.8 Å². The molecule has 0 spiro atoms. The molecule has 0 aromatic carbocycles. The molecule has 1 saturated heterocycles. The maximum Gasteiger partial charge on any atom is 1.00 e. The molecule has 1 fully saturated rings. The van der Waals surface area contributed by atoms with E-state index in [4.69, 9.17) is 0 Å². The van der Waals surface area contributed by atoms with Crippen LogP contribution in [0, 0.1) is 24.8 Å². The minimum Gasteiger partial charge on any atom is -0.459 e. The van der Waals surface area contributed by atoms with Crippen LogP contribution in [0.2, 0.25) is 0 Å². The van der Waals surface area contributed by atoms with E-state index in [0.29, 0.717) is 5.92 Å². The molecule has 0 aromatic rings. The minimum absolute atomic E-state index is 0. The first-order valence-corrected chi connectivity index (χ1v) is 4.80. The molecule has 13 heavy (non-hydrogen) atoms. The molecule has 1 rings (SSSR count). The summed E-state index contributed by atoms with van der Waals surface area (Å²) in [7, 11) is 3.88. The Balaban J connectivity index is 0. The second kappa shape index (κ2) is 11.2. The van der Waals surface area contributed by atoms with Crippen LogP contribution in [0.5, 0.6) is 0 Å². The maximum absolute atomic E-state index is 3.88. The first-order valence-electron chi connectivity index (χ1n) is 4.80. The smallest absolute Gasteiger partial charge is 0.459 e. The molecule has 0 unspecified atom stereocenters. The molecule has 70 valence electrons. The van der Waals surface area contributed by atoms with Crippen LogP contribution in [0.3, 0.4) is 0 Å². The third-order valence-corrected chi connectivity index (χ3v) is 1.94. The zero-order valence-electron chi connectivity index (χ0n) is 9.56. The fraction of sp³-hybridized carbons (Fsp3) is 0.727. The van der Waals surface area contributed by atoms with E-state index in [2.05, 4.69) is 23.8 Å². The fourth-order valence-corrected chi connectivity index (χ4v) is 1.28. The first kappa shape index (κ1) is 16.6. The number of nitrogens with zero attached hydrogens (tertiary/aromatic N) is 1. The molecule has 1 aliphatic rings. The molecular weight excluding hydrogens is 185 g/mol. The van der Waals surface area contributed by atoms with Crippen LogP contribution in [-0.2, 0) is 0 Å². The summed E-state index contributed by atoms with van der Waals surface area (Å²) in [5, 5.41) is 0. The molecule has 0 aliphatic carbocycles. The predicted octanol–water partition coefficient (Wildman–Crippen LogP) is -0.457. The van der Waals surface area contributed by atoms with Crippen molar-refractivity contribution in [1.82, 2.24) is 4.90 Å². The molecule has 1 nitrogen and oxygen atoms in total. The van der Waals surface area contributed by atoms with Gasteiger partial charge >= 0.3 is 51.4 Å². The van der Waals surface area contributed by atoms with E-state index in [9.17, 15) is 0 Å². The van der Waals surface area contributed by atoms with Gasteiger partial charge < -0.3 is 4.90 Å². The molecule has 0 amide bonds. The summed E-state index contributed by atoms with van der Waals surface area (Å²) in [6, 6.07) is 0. The number of piperidine rings is 1. The van der Waals surface area contributed by atoms with Crippen molar-refractivity contribution >= 4 is 0 Å². The van der Waals surface area contributed by atoms with Crippen LogP contribution in [0.1, 0.15) is 33.6 Å². The Bertz CT molecular complexity index is 149. The van der Waals surface area contributed by atoms with Crippen LogP contribution in [-0.4, -0.2) is 18.0 Å². The fourth-order valence-electron chi connectivity index (χ4n) is 1.28. The second-order valence-electron chi connectivity index (χ2n) is 2.79. The van der Waals surface area contributed by atoms with E-state index in [-0.39, 0.29) is 51.4 Å². The third-order valence-electron chi connectivity index (χ3n) is 1.94. The van der Waals surface area contributed by atoms with E-state index in [0.717, 1.165) is 13.1 Å². The Kier molecular flexibility index (Phi) is 14.3. The molecule has 2 heteroatoms. The van der Waals surface area contributed by atoms with Gasteiger partial charge in [0.15, 0.2) is 0 Å². The van der Waals surface area contributed by atoms with Crippen LogP contribution in [0.15, 0.2) is 0 Å². The van der Waals surface area contributed by atoms with Crippen molar-refractivity contribution in [2.75, 3.05) is 13.1 Å². The molecule has 0 bridgehead atoms. The summed E-state index contributed by atoms with van der Waals surface area (Å²) in [6.45, 7) is 8.13. The second-order valence-corrected chi connectivity index (χ2v) is 2.79. The van der Waals surface area contributed by atoms with Crippen molar-refractivity contribution in [1.29, 1.82) is 0 Å². The van der Waals surface area contributed by atoms with E-state index in [1.807, 2.05) is 20.8 Å². The Labute approximate surface area is 126 Å². The van der Waals surface area contributed by atoms with Gasteiger partial charge in [-0.25, -0.2) is 0 Å². The van der Waals surface area contributed by atoms with Gasteiger partial charge in [0, 0.05) is 5.92 Å². The van der Waals surface area contributed by atoms with Gasteiger partial charge in [0.05, 0.1) is 0 Å². The number of likely N-dealkylation sites (tertiary alicyclic amines) is 1. The monoisotopic (exact) mass is 205 g/mol. The van der Waals surface area contributed by atoms with Gasteiger partial charge in [-0.1, -0.05) is 13.8 Å². The van der Waals surface area contributed by atoms with Crippen molar-refractivity contribution in [3.63, 3.8) is 0 Å². The van der Waals surface area contributed by atoms with Crippen molar-refractivity contribution in [3.8, 4) is 11.8 Å². The van der Waals surface area contributed by atoms with Crippen LogP contribution < -0.4 is 51.4 Å². The average molecular weight is 205 g/mol. The van der Waals surface area contributed by atoms with Gasteiger partial charge in [0.25, 0.3) is 0 Å². The molecule has 0 atom stereocenters. The quantitative estimate of drug-likeness (QED) is 0.294. The Morgan fingerprint density at radius 2 is 1.69 bits per heavy atom. The average Bonchev–Trinajstić information content (AvgIpc) is 2.13. The number of hydrogen-bond donors (Lipinski definition) is 0. The molecule has 0 aromatic heterocycles. The Morgan fingerprint density at radius 1 is 1.23 bits per heavy atom. The van der Waals surface area contributed by atoms with Crippen LogP contribution in [0.4, 0.5) is 0 Å². The zero-order chi connectivity index (χ0) is 9.40. The molecule has 0 saturated carbocycles. The molecule has 1 heterocycles. The van der Waals surface area contributed by atoms with Crippen molar-refractivity contribution < 1.29 is 51.4 Å². The van der Waals surface area contributed by atoms with Gasteiger partial charge in [-0.15, -0.1) is 11.8 Å². The first-order chi connectivity index (χ1) is 5.83. The van der Waals surface area contributed by atoms with Crippen LogP contribution in [0.25, 0.3) is 0 Å². The topological polar surface area (TPSA) is 3.24 Å². The van der Waals surface area contributed by atoms with Crippen molar-refractivity contribution in [2.24, 2.45) is 5.92 Å². The van der Waals surface area contributed by atoms with E-state index < -0.39 is 0 Å². The van der Waals surface area contributed by atoms with Gasteiger partial charge in [-0.3, -0.25) is 7.05 Å². The van der Waals surface area contributed by atoms with Gasteiger partial charge in [0.2, 0.25) is 0 Å². The number of rotatable bonds is 0. The molecule has 0 N–H and O–H groups in total. The maximum atomic E-state index is 3.88. The molecule has 1 aliphatic heterocycles. The van der Waals surface area contributed by atoms with Gasteiger partial charge in [-0.05, 0) is 32.9 Å². The minimum atomic E-state index is 0. The number of hydrogen-bond acceptors (Lipinski definition) is 1. The summed E-state index contributed by atoms with van der Waals surface area (Å²) >= 11 is 0. The third kappa shape index (κ3) is 8.17. The summed E-state index contributed by atoms with van der Waals surface area (Å²) in [5.41, 5.74) is 0. The molecular formula is C11H20KN.